The Morgan fingerprint density at radius 3 is 2.50 bits per heavy atom. The first-order chi connectivity index (χ1) is 9.60. The average molecular weight is 332 g/mol. The Kier molecular flexibility index (Phi) is 5.35. The van der Waals surface area contributed by atoms with E-state index in [4.69, 9.17) is 39.5 Å². The first-order valence-corrected chi connectivity index (χ1v) is 7.19. The first-order valence-electron chi connectivity index (χ1n) is 6.06. The van der Waals surface area contributed by atoms with Crippen LogP contribution in [0.5, 0.6) is 5.75 Å². The lowest BCUT2D eigenvalue weighted by Crippen LogP contribution is -2.02. The molecule has 3 nitrogen and oxygen atoms in total. The van der Waals surface area contributed by atoms with Crippen LogP contribution in [0.15, 0.2) is 30.5 Å². The summed E-state index contributed by atoms with van der Waals surface area (Å²) in [6.07, 6.45) is 1.72. The van der Waals surface area contributed by atoms with Gasteiger partial charge in [0.25, 0.3) is 0 Å². The van der Waals surface area contributed by atoms with Crippen molar-refractivity contribution < 1.29 is 4.74 Å². The van der Waals surface area contributed by atoms with E-state index in [-0.39, 0.29) is 6.61 Å². The fourth-order valence-electron chi connectivity index (χ4n) is 1.68. The van der Waals surface area contributed by atoms with Crippen molar-refractivity contribution in [2.45, 2.75) is 13.5 Å². The molecule has 0 aliphatic carbocycles. The third kappa shape index (κ3) is 3.92. The molecule has 0 radical (unpaired) electrons. The molecule has 6 heteroatoms. The molecule has 106 valence electrons. The Labute approximate surface area is 132 Å². The van der Waals surface area contributed by atoms with E-state index >= 15 is 0 Å². The zero-order chi connectivity index (χ0) is 14.5. The fourth-order valence-corrected chi connectivity index (χ4v) is 2.61. The van der Waals surface area contributed by atoms with Gasteiger partial charge in [-0.1, -0.05) is 34.8 Å². The molecule has 0 aliphatic heterocycles. The minimum absolute atomic E-state index is 0.278. The number of rotatable bonds is 5. The average Bonchev–Trinajstić information content (AvgIpc) is 2.38. The summed E-state index contributed by atoms with van der Waals surface area (Å²) in [5.74, 6) is 0.411. The van der Waals surface area contributed by atoms with Crippen LogP contribution in [-0.4, -0.2) is 11.5 Å². The highest BCUT2D eigenvalue weighted by molar-refractivity contribution is 6.40. The van der Waals surface area contributed by atoms with Gasteiger partial charge in [0.05, 0.1) is 15.7 Å². The topological polar surface area (TPSA) is 34.2 Å². The van der Waals surface area contributed by atoms with Crippen LogP contribution in [0.1, 0.15) is 12.6 Å². The summed E-state index contributed by atoms with van der Waals surface area (Å²) in [7, 11) is 0. The third-order valence-corrected chi connectivity index (χ3v) is 3.30. The van der Waals surface area contributed by atoms with E-state index < -0.39 is 0 Å². The van der Waals surface area contributed by atoms with Crippen molar-refractivity contribution in [3.05, 3.63) is 51.2 Å². The molecule has 2 rings (SSSR count). The largest absolute Gasteiger partial charge is 0.484 e. The van der Waals surface area contributed by atoms with Crippen LogP contribution in [0.2, 0.25) is 15.1 Å². The standard InChI is InChI=1S/C14H13Cl3N2O/c1-2-18-10-3-4-19-11(7-10)8-20-14-12(16)5-9(15)6-13(14)17/h3-7H,2,8H2,1H3,(H,18,19). The summed E-state index contributed by atoms with van der Waals surface area (Å²) in [5.41, 5.74) is 1.78. The smallest absolute Gasteiger partial charge is 0.157 e. The quantitative estimate of drug-likeness (QED) is 0.832. The van der Waals surface area contributed by atoms with Crippen molar-refractivity contribution in [2.24, 2.45) is 0 Å². The maximum Gasteiger partial charge on any atom is 0.157 e. The van der Waals surface area contributed by atoms with Gasteiger partial charge < -0.3 is 10.1 Å². The van der Waals surface area contributed by atoms with Gasteiger partial charge in [-0.3, -0.25) is 4.98 Å². The molecule has 1 N–H and O–H groups in total. The molecule has 0 fully saturated rings. The van der Waals surface area contributed by atoms with Crippen molar-refractivity contribution in [1.29, 1.82) is 0 Å². The van der Waals surface area contributed by atoms with Crippen molar-refractivity contribution in [3.8, 4) is 5.75 Å². The van der Waals surface area contributed by atoms with Crippen molar-refractivity contribution >= 4 is 40.5 Å². The lowest BCUT2D eigenvalue weighted by molar-refractivity contribution is 0.302. The highest BCUT2D eigenvalue weighted by Crippen LogP contribution is 2.36. The number of halogens is 3. The minimum atomic E-state index is 0.278. The van der Waals surface area contributed by atoms with Crippen LogP contribution in [0.3, 0.4) is 0 Å². The molecule has 0 atom stereocenters. The lowest BCUT2D eigenvalue weighted by atomic mass is 10.3. The molecule has 1 aromatic carbocycles. The number of pyridine rings is 1. The number of anilines is 1. The van der Waals surface area contributed by atoms with E-state index in [2.05, 4.69) is 10.3 Å². The van der Waals surface area contributed by atoms with Crippen molar-refractivity contribution in [2.75, 3.05) is 11.9 Å². The first kappa shape index (κ1) is 15.2. The van der Waals surface area contributed by atoms with Crippen molar-refractivity contribution in [1.82, 2.24) is 4.98 Å². The summed E-state index contributed by atoms with van der Waals surface area (Å²) in [6, 6.07) is 7.00. The van der Waals surface area contributed by atoms with Gasteiger partial charge in [0.1, 0.15) is 6.61 Å². The normalized spacial score (nSPS) is 10.4. The van der Waals surface area contributed by atoms with Crippen LogP contribution in [0.4, 0.5) is 5.69 Å². The SMILES string of the molecule is CCNc1ccnc(COc2c(Cl)cc(Cl)cc2Cl)c1. The summed E-state index contributed by atoms with van der Waals surface area (Å²) < 4.78 is 5.63. The number of ether oxygens (including phenoxy) is 1. The predicted octanol–water partition coefficient (Wildman–Crippen LogP) is 5.05. The third-order valence-electron chi connectivity index (χ3n) is 2.52. The van der Waals surface area contributed by atoms with Gasteiger partial charge in [0.15, 0.2) is 5.75 Å². The van der Waals surface area contributed by atoms with E-state index in [9.17, 15) is 0 Å². The van der Waals surface area contributed by atoms with E-state index in [1.54, 1.807) is 18.3 Å². The molecule has 0 spiro atoms. The van der Waals surface area contributed by atoms with Crippen LogP contribution in [0, 0.1) is 0 Å². The molecule has 0 unspecified atom stereocenters. The number of nitrogens with zero attached hydrogens (tertiary/aromatic N) is 1. The predicted molar refractivity (Wildman–Crippen MR) is 84.2 cm³/mol. The number of aromatic nitrogens is 1. The van der Waals surface area contributed by atoms with E-state index in [1.165, 1.54) is 0 Å². The molecule has 0 saturated heterocycles. The summed E-state index contributed by atoms with van der Waals surface area (Å²) in [4.78, 5) is 4.24. The van der Waals surface area contributed by atoms with Gasteiger partial charge in [-0.25, -0.2) is 0 Å². The van der Waals surface area contributed by atoms with Gasteiger partial charge in [-0.05, 0) is 31.2 Å². The van der Waals surface area contributed by atoms with Gasteiger partial charge in [-0.15, -0.1) is 0 Å². The number of hydrogen-bond donors (Lipinski definition) is 1. The van der Waals surface area contributed by atoms with Crippen molar-refractivity contribution in [3.63, 3.8) is 0 Å². The number of hydrogen-bond acceptors (Lipinski definition) is 3. The van der Waals surface area contributed by atoms with Crippen LogP contribution < -0.4 is 10.1 Å². The lowest BCUT2D eigenvalue weighted by Gasteiger charge is -2.11. The molecule has 1 aromatic heterocycles. The van der Waals surface area contributed by atoms with Gasteiger partial charge in [-0.2, -0.15) is 0 Å². The highest BCUT2D eigenvalue weighted by atomic mass is 35.5. The van der Waals surface area contributed by atoms with Crippen LogP contribution in [-0.2, 0) is 6.61 Å². The minimum Gasteiger partial charge on any atom is -0.484 e. The number of benzene rings is 1. The Morgan fingerprint density at radius 1 is 1.15 bits per heavy atom. The monoisotopic (exact) mass is 330 g/mol. The number of nitrogens with one attached hydrogen (secondary N) is 1. The zero-order valence-corrected chi connectivity index (χ0v) is 13.1. The fraction of sp³-hybridized carbons (Fsp3) is 0.214. The van der Waals surface area contributed by atoms with E-state index in [1.807, 2.05) is 19.1 Å². The zero-order valence-electron chi connectivity index (χ0n) is 10.8. The molecule has 1 heterocycles. The molecular formula is C14H13Cl3N2O. The second-order valence-electron chi connectivity index (χ2n) is 4.05. The van der Waals surface area contributed by atoms with E-state index in [0.29, 0.717) is 20.8 Å². The Hall–Kier alpha value is -1.16. The molecule has 20 heavy (non-hydrogen) atoms. The maximum atomic E-state index is 6.06. The van der Waals surface area contributed by atoms with Gasteiger partial charge >= 0.3 is 0 Å². The Morgan fingerprint density at radius 2 is 1.85 bits per heavy atom. The molecular weight excluding hydrogens is 319 g/mol. The second-order valence-corrected chi connectivity index (χ2v) is 5.30. The Balaban J connectivity index is 2.11. The van der Waals surface area contributed by atoms with Crippen LogP contribution in [0.25, 0.3) is 0 Å². The summed E-state index contributed by atoms with van der Waals surface area (Å²) in [6.45, 7) is 3.16. The van der Waals surface area contributed by atoms with Gasteiger partial charge in [0, 0.05) is 23.5 Å². The summed E-state index contributed by atoms with van der Waals surface area (Å²) >= 11 is 18.0. The summed E-state index contributed by atoms with van der Waals surface area (Å²) in [5, 5.41) is 4.44. The van der Waals surface area contributed by atoms with Gasteiger partial charge in [0.2, 0.25) is 0 Å². The molecule has 0 aliphatic rings. The molecule has 0 saturated carbocycles. The van der Waals surface area contributed by atoms with E-state index in [0.717, 1.165) is 17.9 Å². The molecule has 0 bridgehead atoms. The molecule has 0 amide bonds. The van der Waals surface area contributed by atoms with Crippen LogP contribution >= 0.6 is 34.8 Å². The Bertz CT molecular complexity index is 582. The highest BCUT2D eigenvalue weighted by Gasteiger charge is 2.10. The second kappa shape index (κ2) is 7.02. The molecule has 2 aromatic rings. The maximum absolute atomic E-state index is 6.06.